The van der Waals surface area contributed by atoms with Gasteiger partial charge in [0, 0.05) is 18.3 Å². The van der Waals surface area contributed by atoms with Gasteiger partial charge >= 0.3 is 0 Å². The highest BCUT2D eigenvalue weighted by Gasteiger charge is 2.05. The zero-order valence-corrected chi connectivity index (χ0v) is 12.1. The van der Waals surface area contributed by atoms with Crippen molar-refractivity contribution in [3.8, 4) is 5.88 Å². The number of nitrogens with one attached hydrogen (secondary N) is 1. The number of hydrogen-bond donors (Lipinski definition) is 1. The van der Waals surface area contributed by atoms with Crippen molar-refractivity contribution in [2.24, 2.45) is 5.92 Å². The minimum Gasteiger partial charge on any atom is -0.478 e. The molecule has 1 heterocycles. The summed E-state index contributed by atoms with van der Waals surface area (Å²) in [4.78, 5) is 4.25. The standard InChI is InChI=1S/C15H26N2O/c1-5-16-13(4)14-8-9-17-15(11-14)18-10-6-7-12(2)3/h8-9,11-13,16H,5-7,10H2,1-4H3. The summed E-state index contributed by atoms with van der Waals surface area (Å²) in [5.74, 6) is 1.47. The summed E-state index contributed by atoms with van der Waals surface area (Å²) >= 11 is 0. The van der Waals surface area contributed by atoms with E-state index < -0.39 is 0 Å². The van der Waals surface area contributed by atoms with E-state index >= 15 is 0 Å². The maximum atomic E-state index is 5.69. The van der Waals surface area contributed by atoms with Gasteiger partial charge in [0.25, 0.3) is 0 Å². The van der Waals surface area contributed by atoms with E-state index in [2.05, 4.69) is 38.0 Å². The molecule has 1 atom stereocenters. The highest BCUT2D eigenvalue weighted by Crippen LogP contribution is 2.16. The highest BCUT2D eigenvalue weighted by atomic mass is 16.5. The molecule has 0 amide bonds. The molecule has 1 N–H and O–H groups in total. The lowest BCUT2D eigenvalue weighted by molar-refractivity contribution is 0.286. The van der Waals surface area contributed by atoms with Crippen LogP contribution in [-0.4, -0.2) is 18.1 Å². The van der Waals surface area contributed by atoms with Gasteiger partial charge in [-0.1, -0.05) is 20.8 Å². The van der Waals surface area contributed by atoms with Gasteiger partial charge in [-0.2, -0.15) is 0 Å². The second kappa shape index (κ2) is 8.09. The molecule has 1 rings (SSSR count). The van der Waals surface area contributed by atoms with Gasteiger partial charge in [-0.25, -0.2) is 4.98 Å². The molecule has 3 nitrogen and oxygen atoms in total. The van der Waals surface area contributed by atoms with Crippen molar-refractivity contribution in [3.05, 3.63) is 23.9 Å². The van der Waals surface area contributed by atoms with Gasteiger partial charge in [-0.15, -0.1) is 0 Å². The highest BCUT2D eigenvalue weighted by molar-refractivity contribution is 5.23. The van der Waals surface area contributed by atoms with Gasteiger partial charge in [0.1, 0.15) is 0 Å². The predicted molar refractivity (Wildman–Crippen MR) is 75.9 cm³/mol. The van der Waals surface area contributed by atoms with Gasteiger partial charge in [0.2, 0.25) is 5.88 Å². The number of rotatable bonds is 8. The van der Waals surface area contributed by atoms with Crippen molar-refractivity contribution in [2.45, 2.75) is 46.6 Å². The van der Waals surface area contributed by atoms with E-state index in [9.17, 15) is 0 Å². The van der Waals surface area contributed by atoms with E-state index in [-0.39, 0.29) is 0 Å². The fraction of sp³-hybridized carbons (Fsp3) is 0.667. The second-order valence-corrected chi connectivity index (χ2v) is 5.09. The van der Waals surface area contributed by atoms with E-state index in [1.165, 1.54) is 12.0 Å². The third-order valence-electron chi connectivity index (χ3n) is 2.94. The Morgan fingerprint density at radius 1 is 1.33 bits per heavy atom. The van der Waals surface area contributed by atoms with Crippen LogP contribution in [-0.2, 0) is 0 Å². The van der Waals surface area contributed by atoms with Crippen LogP contribution in [0.3, 0.4) is 0 Å². The molecule has 0 aliphatic heterocycles. The molecular formula is C15H26N2O. The van der Waals surface area contributed by atoms with E-state index in [1.807, 2.05) is 18.3 Å². The SMILES string of the molecule is CCNC(C)c1ccnc(OCCCC(C)C)c1. The van der Waals surface area contributed by atoms with Gasteiger partial charge in [-0.3, -0.25) is 0 Å². The fourth-order valence-corrected chi connectivity index (χ4v) is 1.87. The Kier molecular flexibility index (Phi) is 6.73. The summed E-state index contributed by atoms with van der Waals surface area (Å²) in [7, 11) is 0. The van der Waals surface area contributed by atoms with Gasteiger partial charge in [-0.05, 0) is 43.9 Å². The van der Waals surface area contributed by atoms with Crippen LogP contribution >= 0.6 is 0 Å². The third-order valence-corrected chi connectivity index (χ3v) is 2.94. The first kappa shape index (κ1) is 15.0. The zero-order chi connectivity index (χ0) is 13.4. The predicted octanol–water partition coefficient (Wildman–Crippen LogP) is 3.57. The first-order chi connectivity index (χ1) is 8.63. The largest absolute Gasteiger partial charge is 0.478 e. The summed E-state index contributed by atoms with van der Waals surface area (Å²) in [5, 5.41) is 3.39. The van der Waals surface area contributed by atoms with Crippen molar-refractivity contribution >= 4 is 0 Å². The smallest absolute Gasteiger partial charge is 0.213 e. The topological polar surface area (TPSA) is 34.2 Å². The van der Waals surface area contributed by atoms with Crippen LogP contribution < -0.4 is 10.1 Å². The minimum atomic E-state index is 0.344. The molecule has 0 spiro atoms. The first-order valence-electron chi connectivity index (χ1n) is 6.95. The summed E-state index contributed by atoms with van der Waals surface area (Å²) in [6.45, 7) is 10.5. The molecule has 0 aliphatic rings. The molecule has 1 unspecified atom stereocenters. The zero-order valence-electron chi connectivity index (χ0n) is 12.1. The number of aromatic nitrogens is 1. The quantitative estimate of drug-likeness (QED) is 0.716. The monoisotopic (exact) mass is 250 g/mol. The first-order valence-corrected chi connectivity index (χ1v) is 6.95. The van der Waals surface area contributed by atoms with Crippen LogP contribution in [0.4, 0.5) is 0 Å². The Morgan fingerprint density at radius 2 is 2.11 bits per heavy atom. The Labute approximate surface area is 111 Å². The molecule has 102 valence electrons. The lowest BCUT2D eigenvalue weighted by Crippen LogP contribution is -2.17. The van der Waals surface area contributed by atoms with Crippen molar-refractivity contribution < 1.29 is 4.74 Å². The third kappa shape index (κ3) is 5.50. The van der Waals surface area contributed by atoms with Crippen molar-refractivity contribution in [1.82, 2.24) is 10.3 Å². The second-order valence-electron chi connectivity index (χ2n) is 5.09. The van der Waals surface area contributed by atoms with Crippen molar-refractivity contribution in [2.75, 3.05) is 13.2 Å². The molecule has 1 aromatic rings. The molecule has 0 aliphatic carbocycles. The normalized spacial score (nSPS) is 12.7. The number of hydrogen-bond acceptors (Lipinski definition) is 3. The maximum absolute atomic E-state index is 5.69. The molecule has 1 aromatic heterocycles. The van der Waals surface area contributed by atoms with Crippen LogP contribution in [0.1, 0.15) is 52.1 Å². The average Bonchev–Trinajstić information content (AvgIpc) is 2.35. The lowest BCUT2D eigenvalue weighted by atomic mass is 10.1. The molecule has 0 aromatic carbocycles. The van der Waals surface area contributed by atoms with E-state index in [4.69, 9.17) is 4.74 Å². The van der Waals surface area contributed by atoms with Crippen molar-refractivity contribution in [1.29, 1.82) is 0 Å². The van der Waals surface area contributed by atoms with Crippen LogP contribution in [0.15, 0.2) is 18.3 Å². The summed E-state index contributed by atoms with van der Waals surface area (Å²) in [6.07, 6.45) is 4.11. The summed E-state index contributed by atoms with van der Waals surface area (Å²) < 4.78 is 5.69. The maximum Gasteiger partial charge on any atom is 0.213 e. The number of nitrogens with zero attached hydrogens (tertiary/aromatic N) is 1. The van der Waals surface area contributed by atoms with Crippen LogP contribution in [0, 0.1) is 5.92 Å². The summed E-state index contributed by atoms with van der Waals surface area (Å²) in [6, 6.07) is 4.41. The molecule has 0 saturated carbocycles. The Morgan fingerprint density at radius 3 is 2.78 bits per heavy atom. The minimum absolute atomic E-state index is 0.344. The van der Waals surface area contributed by atoms with Crippen molar-refractivity contribution in [3.63, 3.8) is 0 Å². The van der Waals surface area contributed by atoms with Crippen LogP contribution in [0.2, 0.25) is 0 Å². The molecule has 0 bridgehead atoms. The molecular weight excluding hydrogens is 224 g/mol. The molecule has 3 heteroatoms. The van der Waals surface area contributed by atoms with Gasteiger partial charge in [0.05, 0.1) is 6.61 Å². The fourth-order valence-electron chi connectivity index (χ4n) is 1.87. The number of pyridine rings is 1. The lowest BCUT2D eigenvalue weighted by Gasteiger charge is -2.13. The molecule has 0 radical (unpaired) electrons. The van der Waals surface area contributed by atoms with Crippen LogP contribution in [0.5, 0.6) is 5.88 Å². The molecule has 0 fully saturated rings. The molecule has 18 heavy (non-hydrogen) atoms. The van der Waals surface area contributed by atoms with Gasteiger partial charge in [0.15, 0.2) is 0 Å². The average molecular weight is 250 g/mol. The Bertz CT molecular complexity index is 339. The Hall–Kier alpha value is -1.09. The van der Waals surface area contributed by atoms with Gasteiger partial charge < -0.3 is 10.1 Å². The van der Waals surface area contributed by atoms with E-state index in [0.29, 0.717) is 6.04 Å². The summed E-state index contributed by atoms with van der Waals surface area (Å²) in [5.41, 5.74) is 1.23. The molecule has 0 saturated heterocycles. The number of ether oxygens (including phenoxy) is 1. The Balaban J connectivity index is 2.44. The van der Waals surface area contributed by atoms with E-state index in [0.717, 1.165) is 31.4 Å². The van der Waals surface area contributed by atoms with Crippen LogP contribution in [0.25, 0.3) is 0 Å². The van der Waals surface area contributed by atoms with E-state index in [1.54, 1.807) is 0 Å².